The van der Waals surface area contributed by atoms with Gasteiger partial charge < -0.3 is 10.2 Å². The summed E-state index contributed by atoms with van der Waals surface area (Å²) in [6.45, 7) is 11.2. The van der Waals surface area contributed by atoms with Crippen LogP contribution in [0.4, 0.5) is 0 Å². The Kier molecular flexibility index (Phi) is 6.25. The molecule has 0 amide bonds. The van der Waals surface area contributed by atoms with E-state index >= 15 is 0 Å². The minimum absolute atomic E-state index is 0.328. The van der Waals surface area contributed by atoms with Crippen molar-refractivity contribution >= 4 is 11.9 Å². The molecule has 0 aliphatic rings. The molecule has 1 atom stereocenters. The van der Waals surface area contributed by atoms with Crippen molar-refractivity contribution in [1.82, 2.24) is 0 Å². The highest BCUT2D eigenvalue weighted by atomic mass is 16.4. The molecule has 118 valence electrons. The van der Waals surface area contributed by atoms with Gasteiger partial charge in [0, 0.05) is 0 Å². The lowest BCUT2D eigenvalue weighted by molar-refractivity contribution is -0.193. The van der Waals surface area contributed by atoms with E-state index in [0.29, 0.717) is 32.1 Å². The van der Waals surface area contributed by atoms with Crippen molar-refractivity contribution in [3.63, 3.8) is 0 Å². The van der Waals surface area contributed by atoms with Gasteiger partial charge in [-0.25, -0.2) is 0 Å². The van der Waals surface area contributed by atoms with Gasteiger partial charge in [-0.3, -0.25) is 9.59 Å². The number of carboxylic acid groups (broad SMARTS) is 2. The summed E-state index contributed by atoms with van der Waals surface area (Å²) < 4.78 is 0. The monoisotopic (exact) mass is 286 g/mol. The molecule has 0 rings (SSSR count). The molecule has 0 bridgehead atoms. The van der Waals surface area contributed by atoms with Gasteiger partial charge in [0.25, 0.3) is 0 Å². The molecule has 2 N–H and O–H groups in total. The van der Waals surface area contributed by atoms with Gasteiger partial charge in [-0.2, -0.15) is 0 Å². The second-order valence-corrected chi connectivity index (χ2v) is 5.93. The van der Waals surface area contributed by atoms with Crippen molar-refractivity contribution in [3.8, 4) is 0 Å². The summed E-state index contributed by atoms with van der Waals surface area (Å²) in [7, 11) is 0. The molecule has 0 saturated heterocycles. The van der Waals surface area contributed by atoms with Gasteiger partial charge >= 0.3 is 11.9 Å². The number of carboxylic acids is 2. The summed E-state index contributed by atoms with van der Waals surface area (Å²) in [5.41, 5.74) is -3.02. The molecule has 1 unspecified atom stereocenters. The van der Waals surface area contributed by atoms with Crippen molar-refractivity contribution < 1.29 is 19.8 Å². The SMILES string of the molecule is CCC(C)(CC)C(CC)(C(=O)O)C(CC)(CC)C(=O)O. The molecule has 0 fully saturated rings. The predicted octanol–water partition coefficient (Wildman–Crippen LogP) is 4.18. The molecule has 4 nitrogen and oxygen atoms in total. The van der Waals surface area contributed by atoms with E-state index in [-0.39, 0.29) is 0 Å². The fourth-order valence-corrected chi connectivity index (χ4v) is 4.15. The summed E-state index contributed by atoms with van der Waals surface area (Å²) in [6, 6.07) is 0. The average molecular weight is 286 g/mol. The van der Waals surface area contributed by atoms with E-state index in [1.807, 2.05) is 20.8 Å². The van der Waals surface area contributed by atoms with Crippen molar-refractivity contribution in [2.75, 3.05) is 0 Å². The standard InChI is InChI=1S/C16H30O4/c1-7-14(6,8-2)16(11-5,13(19)20)15(9-3,10-4)12(17)18/h7-11H2,1-6H3,(H,17,18)(H,19,20). The Labute approximate surface area is 122 Å². The largest absolute Gasteiger partial charge is 0.481 e. The van der Waals surface area contributed by atoms with Gasteiger partial charge in [-0.15, -0.1) is 0 Å². The van der Waals surface area contributed by atoms with Crippen LogP contribution in [0, 0.1) is 16.2 Å². The molecule has 0 saturated carbocycles. The second-order valence-electron chi connectivity index (χ2n) is 5.93. The average Bonchev–Trinajstić information content (AvgIpc) is 2.43. The Bertz CT molecular complexity index is 353. The van der Waals surface area contributed by atoms with E-state index < -0.39 is 28.2 Å². The van der Waals surface area contributed by atoms with Crippen LogP contribution in [-0.2, 0) is 9.59 Å². The fourth-order valence-electron chi connectivity index (χ4n) is 4.15. The smallest absolute Gasteiger partial charge is 0.311 e. The van der Waals surface area contributed by atoms with Gasteiger partial charge in [0.15, 0.2) is 0 Å². The minimum atomic E-state index is -1.25. The third kappa shape index (κ3) is 2.23. The second kappa shape index (κ2) is 6.59. The van der Waals surface area contributed by atoms with E-state index in [1.54, 1.807) is 20.8 Å². The highest BCUT2D eigenvalue weighted by Crippen LogP contribution is 2.60. The predicted molar refractivity (Wildman–Crippen MR) is 79.7 cm³/mol. The first-order valence-electron chi connectivity index (χ1n) is 7.66. The summed E-state index contributed by atoms with van der Waals surface area (Å²) in [6.07, 6.45) is 2.29. The summed E-state index contributed by atoms with van der Waals surface area (Å²) in [4.78, 5) is 24.2. The van der Waals surface area contributed by atoms with Crippen molar-refractivity contribution in [3.05, 3.63) is 0 Å². The molecular formula is C16H30O4. The maximum Gasteiger partial charge on any atom is 0.311 e. The minimum Gasteiger partial charge on any atom is -0.481 e. The summed E-state index contributed by atoms with van der Waals surface area (Å²) >= 11 is 0. The lowest BCUT2D eigenvalue weighted by atomic mass is 9.46. The van der Waals surface area contributed by atoms with Gasteiger partial charge in [0.1, 0.15) is 0 Å². The zero-order valence-electron chi connectivity index (χ0n) is 13.7. The van der Waals surface area contributed by atoms with Crippen LogP contribution in [0.2, 0.25) is 0 Å². The third-order valence-electron chi connectivity index (χ3n) is 5.92. The zero-order valence-corrected chi connectivity index (χ0v) is 13.7. The molecule has 0 aromatic heterocycles. The van der Waals surface area contributed by atoms with Crippen LogP contribution in [0.15, 0.2) is 0 Å². The van der Waals surface area contributed by atoms with Gasteiger partial charge in [0.05, 0.1) is 10.8 Å². The number of carbonyl (C=O) groups is 2. The van der Waals surface area contributed by atoms with Crippen molar-refractivity contribution in [2.45, 2.75) is 73.6 Å². The third-order valence-corrected chi connectivity index (χ3v) is 5.92. The van der Waals surface area contributed by atoms with Gasteiger partial charge in [-0.1, -0.05) is 41.5 Å². The van der Waals surface area contributed by atoms with E-state index in [0.717, 1.165) is 0 Å². The molecule has 0 aromatic rings. The molecule has 0 heterocycles. The number of hydrogen-bond acceptors (Lipinski definition) is 2. The lowest BCUT2D eigenvalue weighted by Gasteiger charge is -2.54. The van der Waals surface area contributed by atoms with Crippen molar-refractivity contribution in [1.29, 1.82) is 0 Å². The Morgan fingerprint density at radius 2 is 1.15 bits per heavy atom. The number of hydrogen-bond donors (Lipinski definition) is 2. The van der Waals surface area contributed by atoms with Crippen LogP contribution in [0.3, 0.4) is 0 Å². The fraction of sp³-hybridized carbons (Fsp3) is 0.875. The molecule has 0 aliphatic heterocycles. The van der Waals surface area contributed by atoms with Crippen LogP contribution in [0.25, 0.3) is 0 Å². The highest BCUT2D eigenvalue weighted by molar-refractivity contribution is 5.87. The maximum atomic E-state index is 12.2. The number of aliphatic carboxylic acids is 2. The zero-order chi connectivity index (χ0) is 16.2. The Balaban J connectivity index is 6.55. The van der Waals surface area contributed by atoms with Crippen LogP contribution in [0.1, 0.15) is 73.6 Å². The molecule has 0 radical (unpaired) electrons. The first kappa shape index (κ1) is 18.9. The molecular weight excluding hydrogens is 256 g/mol. The lowest BCUT2D eigenvalue weighted by Crippen LogP contribution is -2.60. The van der Waals surface area contributed by atoms with Crippen LogP contribution in [0.5, 0.6) is 0 Å². The maximum absolute atomic E-state index is 12.2. The molecule has 0 aliphatic carbocycles. The van der Waals surface area contributed by atoms with E-state index in [4.69, 9.17) is 0 Å². The van der Waals surface area contributed by atoms with Gasteiger partial charge in [-0.05, 0) is 37.5 Å². The van der Waals surface area contributed by atoms with Crippen LogP contribution in [-0.4, -0.2) is 22.2 Å². The van der Waals surface area contributed by atoms with Crippen LogP contribution < -0.4 is 0 Å². The first-order chi connectivity index (χ1) is 9.19. The van der Waals surface area contributed by atoms with E-state index in [2.05, 4.69) is 0 Å². The Morgan fingerprint density at radius 3 is 1.30 bits per heavy atom. The normalized spacial score (nSPS) is 15.7. The Morgan fingerprint density at radius 1 is 0.750 bits per heavy atom. The molecule has 0 spiro atoms. The summed E-state index contributed by atoms with van der Waals surface area (Å²) in [5.74, 6) is -1.96. The quantitative estimate of drug-likeness (QED) is 0.666. The topological polar surface area (TPSA) is 74.6 Å². The Hall–Kier alpha value is -1.06. The number of rotatable bonds is 9. The summed E-state index contributed by atoms with van der Waals surface area (Å²) in [5, 5.41) is 19.8. The van der Waals surface area contributed by atoms with E-state index in [9.17, 15) is 19.8 Å². The molecule has 20 heavy (non-hydrogen) atoms. The van der Waals surface area contributed by atoms with Crippen LogP contribution >= 0.6 is 0 Å². The highest BCUT2D eigenvalue weighted by Gasteiger charge is 2.65. The molecule has 4 heteroatoms. The first-order valence-corrected chi connectivity index (χ1v) is 7.66. The van der Waals surface area contributed by atoms with E-state index in [1.165, 1.54) is 0 Å². The van der Waals surface area contributed by atoms with Crippen molar-refractivity contribution in [2.24, 2.45) is 16.2 Å². The van der Waals surface area contributed by atoms with Gasteiger partial charge in [0.2, 0.25) is 0 Å². The molecule has 0 aromatic carbocycles.